The first-order valence-corrected chi connectivity index (χ1v) is 9.87. The zero-order valence-electron chi connectivity index (χ0n) is 15.3. The molecule has 0 amide bonds. The molecule has 1 aliphatic heterocycles. The predicted octanol–water partition coefficient (Wildman–Crippen LogP) is 5.83. The molecule has 1 atom stereocenters. The SMILES string of the molecule is Fc1cc2[nH]c3c(c2cc1Cl)CCN(c1ncc(Cl)cn1)C3c1cccc(F)c1F. The van der Waals surface area contributed by atoms with Gasteiger partial charge in [-0.25, -0.2) is 23.1 Å². The Labute approximate surface area is 179 Å². The van der Waals surface area contributed by atoms with Crippen LogP contribution in [0.1, 0.15) is 22.9 Å². The quantitative estimate of drug-likeness (QED) is 0.419. The minimum Gasteiger partial charge on any atom is -0.356 e. The third-order valence-electron chi connectivity index (χ3n) is 5.31. The molecule has 0 saturated heterocycles. The molecule has 1 aliphatic rings. The van der Waals surface area contributed by atoms with Crippen molar-refractivity contribution in [2.45, 2.75) is 12.5 Å². The van der Waals surface area contributed by atoms with Crippen molar-refractivity contribution < 1.29 is 13.2 Å². The molecule has 3 heterocycles. The van der Waals surface area contributed by atoms with Gasteiger partial charge in [0.2, 0.25) is 5.95 Å². The van der Waals surface area contributed by atoms with Gasteiger partial charge in [0.05, 0.1) is 22.4 Å². The molecule has 0 bridgehead atoms. The van der Waals surface area contributed by atoms with E-state index in [1.165, 1.54) is 30.6 Å². The van der Waals surface area contributed by atoms with Gasteiger partial charge in [0.15, 0.2) is 11.6 Å². The van der Waals surface area contributed by atoms with E-state index < -0.39 is 23.5 Å². The Morgan fingerprint density at radius 2 is 1.80 bits per heavy atom. The van der Waals surface area contributed by atoms with E-state index in [0.29, 0.717) is 35.1 Å². The number of halogens is 5. The fourth-order valence-corrected chi connectivity index (χ4v) is 4.27. The number of nitrogens with one attached hydrogen (secondary N) is 1. The number of hydrogen-bond donors (Lipinski definition) is 1. The molecule has 0 saturated carbocycles. The van der Waals surface area contributed by atoms with Gasteiger partial charge in [-0.15, -0.1) is 0 Å². The highest BCUT2D eigenvalue weighted by molar-refractivity contribution is 6.31. The summed E-state index contributed by atoms with van der Waals surface area (Å²) < 4.78 is 43.0. The molecule has 5 rings (SSSR count). The van der Waals surface area contributed by atoms with Gasteiger partial charge in [0, 0.05) is 28.7 Å². The lowest BCUT2D eigenvalue weighted by Crippen LogP contribution is -2.37. The van der Waals surface area contributed by atoms with E-state index >= 15 is 0 Å². The van der Waals surface area contributed by atoms with Crippen molar-refractivity contribution in [2.24, 2.45) is 0 Å². The van der Waals surface area contributed by atoms with Crippen LogP contribution in [0.15, 0.2) is 42.7 Å². The molecule has 152 valence electrons. The molecule has 0 fully saturated rings. The lowest BCUT2D eigenvalue weighted by Gasteiger charge is -2.36. The number of fused-ring (bicyclic) bond motifs is 3. The van der Waals surface area contributed by atoms with Crippen molar-refractivity contribution in [1.29, 1.82) is 0 Å². The Morgan fingerprint density at radius 1 is 1.03 bits per heavy atom. The van der Waals surface area contributed by atoms with Crippen molar-refractivity contribution in [3.05, 3.63) is 87.0 Å². The fourth-order valence-electron chi connectivity index (χ4n) is 4.01. The first-order chi connectivity index (χ1) is 14.4. The minimum absolute atomic E-state index is 0.00116. The number of hydrogen-bond acceptors (Lipinski definition) is 3. The zero-order chi connectivity index (χ0) is 21.0. The summed E-state index contributed by atoms with van der Waals surface area (Å²) in [7, 11) is 0. The van der Waals surface area contributed by atoms with Gasteiger partial charge < -0.3 is 9.88 Å². The van der Waals surface area contributed by atoms with Crippen molar-refractivity contribution in [1.82, 2.24) is 15.0 Å². The average molecular weight is 449 g/mol. The molecule has 1 N–H and O–H groups in total. The van der Waals surface area contributed by atoms with Crippen molar-refractivity contribution in [2.75, 3.05) is 11.4 Å². The van der Waals surface area contributed by atoms with Crippen molar-refractivity contribution in [3.63, 3.8) is 0 Å². The summed E-state index contributed by atoms with van der Waals surface area (Å²) in [6.45, 7) is 0.428. The highest BCUT2D eigenvalue weighted by atomic mass is 35.5. The largest absolute Gasteiger partial charge is 0.356 e. The number of H-pyrrole nitrogens is 1. The molecule has 4 aromatic rings. The standard InChI is InChI=1S/C21H13Cl2F3N4/c22-10-8-27-21(28-9-10)30-5-4-11-13-6-14(23)16(25)7-17(13)29-19(11)20(30)12-2-1-3-15(24)18(12)26/h1-3,6-9,20,29H,4-5H2. The second-order valence-electron chi connectivity index (χ2n) is 7.02. The summed E-state index contributed by atoms with van der Waals surface area (Å²) in [4.78, 5) is 13.5. The van der Waals surface area contributed by atoms with Crippen LogP contribution in [0.4, 0.5) is 19.1 Å². The number of benzene rings is 2. The van der Waals surface area contributed by atoms with E-state index in [9.17, 15) is 13.2 Å². The van der Waals surface area contributed by atoms with Gasteiger partial charge in [-0.2, -0.15) is 0 Å². The second-order valence-corrected chi connectivity index (χ2v) is 7.86. The predicted molar refractivity (Wildman–Crippen MR) is 110 cm³/mol. The third kappa shape index (κ3) is 3.00. The Morgan fingerprint density at radius 3 is 2.57 bits per heavy atom. The number of aromatic amines is 1. The van der Waals surface area contributed by atoms with E-state index in [2.05, 4.69) is 15.0 Å². The van der Waals surface area contributed by atoms with Gasteiger partial charge in [-0.05, 0) is 30.2 Å². The lowest BCUT2D eigenvalue weighted by atomic mass is 9.92. The maximum absolute atomic E-state index is 14.9. The van der Waals surface area contributed by atoms with Gasteiger partial charge in [0.1, 0.15) is 11.9 Å². The summed E-state index contributed by atoms with van der Waals surface area (Å²) >= 11 is 11.9. The van der Waals surface area contributed by atoms with Crippen LogP contribution in [0.2, 0.25) is 10.0 Å². The van der Waals surface area contributed by atoms with Crippen molar-refractivity contribution in [3.8, 4) is 0 Å². The summed E-state index contributed by atoms with van der Waals surface area (Å²) in [5.41, 5.74) is 2.13. The molecular formula is C21H13Cl2F3N4. The molecule has 1 unspecified atom stereocenters. The number of anilines is 1. The normalized spacial score (nSPS) is 16.2. The van der Waals surface area contributed by atoms with E-state index in [1.54, 1.807) is 11.0 Å². The number of aromatic nitrogens is 3. The van der Waals surface area contributed by atoms with E-state index in [1.807, 2.05) is 0 Å². The Balaban J connectivity index is 1.76. The Bertz CT molecular complexity index is 1270. The van der Waals surface area contributed by atoms with Crippen LogP contribution in [-0.2, 0) is 6.42 Å². The van der Waals surface area contributed by atoms with Crippen LogP contribution >= 0.6 is 23.2 Å². The zero-order valence-corrected chi connectivity index (χ0v) is 16.8. The highest BCUT2D eigenvalue weighted by Crippen LogP contribution is 2.41. The molecule has 30 heavy (non-hydrogen) atoms. The number of nitrogens with zero attached hydrogens (tertiary/aromatic N) is 3. The van der Waals surface area contributed by atoms with Crippen LogP contribution < -0.4 is 4.90 Å². The molecule has 0 spiro atoms. The first kappa shape index (κ1) is 19.2. The molecule has 4 nitrogen and oxygen atoms in total. The summed E-state index contributed by atoms with van der Waals surface area (Å²) in [6.07, 6.45) is 3.44. The average Bonchev–Trinajstić information content (AvgIpc) is 3.08. The number of rotatable bonds is 2. The Hall–Kier alpha value is -2.77. The summed E-state index contributed by atoms with van der Waals surface area (Å²) in [5.74, 6) is -2.16. The van der Waals surface area contributed by atoms with E-state index in [0.717, 1.165) is 17.0 Å². The molecule has 2 aromatic heterocycles. The minimum atomic E-state index is -0.961. The van der Waals surface area contributed by atoms with Crippen LogP contribution in [-0.4, -0.2) is 21.5 Å². The van der Waals surface area contributed by atoms with Crippen LogP contribution in [0.3, 0.4) is 0 Å². The topological polar surface area (TPSA) is 44.8 Å². The lowest BCUT2D eigenvalue weighted by molar-refractivity contribution is 0.485. The van der Waals surface area contributed by atoms with Crippen LogP contribution in [0.25, 0.3) is 10.9 Å². The highest BCUT2D eigenvalue weighted by Gasteiger charge is 2.35. The van der Waals surface area contributed by atoms with Crippen LogP contribution in [0.5, 0.6) is 0 Å². The van der Waals surface area contributed by atoms with E-state index in [-0.39, 0.29) is 10.6 Å². The molecule has 9 heteroatoms. The molecule has 0 radical (unpaired) electrons. The maximum atomic E-state index is 14.9. The van der Waals surface area contributed by atoms with Crippen molar-refractivity contribution >= 4 is 40.1 Å². The fraction of sp³-hybridized carbons (Fsp3) is 0.143. The van der Waals surface area contributed by atoms with Gasteiger partial charge in [0.25, 0.3) is 0 Å². The monoisotopic (exact) mass is 448 g/mol. The molecule has 2 aromatic carbocycles. The second kappa shape index (κ2) is 7.18. The van der Waals surface area contributed by atoms with Gasteiger partial charge in [-0.3, -0.25) is 0 Å². The molecular weight excluding hydrogens is 436 g/mol. The smallest absolute Gasteiger partial charge is 0.226 e. The first-order valence-electron chi connectivity index (χ1n) is 9.11. The van der Waals surface area contributed by atoms with Gasteiger partial charge in [-0.1, -0.05) is 35.3 Å². The summed E-state index contributed by atoms with van der Waals surface area (Å²) in [5, 5.41) is 1.11. The third-order valence-corrected chi connectivity index (χ3v) is 5.79. The molecule has 0 aliphatic carbocycles. The van der Waals surface area contributed by atoms with Gasteiger partial charge >= 0.3 is 0 Å². The Kier molecular flexibility index (Phi) is 4.60. The van der Waals surface area contributed by atoms with E-state index in [4.69, 9.17) is 23.2 Å². The maximum Gasteiger partial charge on any atom is 0.226 e. The summed E-state index contributed by atoms with van der Waals surface area (Å²) in [6, 6.07) is 6.13. The van der Waals surface area contributed by atoms with Crippen LogP contribution in [0, 0.1) is 17.5 Å².